The third-order valence-corrected chi connectivity index (χ3v) is 3.42. The summed E-state index contributed by atoms with van der Waals surface area (Å²) < 4.78 is 11.1. The van der Waals surface area contributed by atoms with Crippen molar-refractivity contribution in [3.05, 3.63) is 29.3 Å². The molecule has 2 aromatic rings. The van der Waals surface area contributed by atoms with Crippen LogP contribution in [0.1, 0.15) is 25.8 Å². The maximum absolute atomic E-state index is 5.68. The normalized spacial score (nSPS) is 10.9. The van der Waals surface area contributed by atoms with Crippen LogP contribution >= 0.6 is 11.3 Å². The Morgan fingerprint density at radius 3 is 2.52 bits per heavy atom. The molecule has 114 valence electrons. The lowest BCUT2D eigenvalue weighted by Gasteiger charge is -2.04. The molecular weight excluding hydrogens is 286 g/mol. The Morgan fingerprint density at radius 2 is 1.86 bits per heavy atom. The average Bonchev–Trinajstić information content (AvgIpc) is 2.88. The predicted molar refractivity (Wildman–Crippen MR) is 84.1 cm³/mol. The van der Waals surface area contributed by atoms with Crippen LogP contribution in [0.25, 0.3) is 0 Å². The molecule has 2 rings (SSSR count). The molecule has 0 spiro atoms. The number of hydrogen-bond donors (Lipinski definition) is 1. The molecule has 0 unspecified atom stereocenters. The summed E-state index contributed by atoms with van der Waals surface area (Å²) in [4.78, 5) is 0. The van der Waals surface area contributed by atoms with Gasteiger partial charge in [-0.25, -0.2) is 0 Å². The van der Waals surface area contributed by atoms with Crippen LogP contribution in [0.5, 0.6) is 16.7 Å². The molecule has 0 amide bonds. The maximum Gasteiger partial charge on any atom is 0.299 e. The average molecular weight is 307 g/mol. The minimum atomic E-state index is 0.556. The molecule has 0 atom stereocenters. The van der Waals surface area contributed by atoms with Crippen LogP contribution in [0.15, 0.2) is 24.3 Å². The van der Waals surface area contributed by atoms with Gasteiger partial charge < -0.3 is 14.8 Å². The highest BCUT2D eigenvalue weighted by atomic mass is 32.1. The molecule has 0 fully saturated rings. The largest absolute Gasteiger partial charge is 0.494 e. The topological polar surface area (TPSA) is 56.3 Å². The van der Waals surface area contributed by atoms with E-state index in [9.17, 15) is 0 Å². The third kappa shape index (κ3) is 5.32. The van der Waals surface area contributed by atoms with Crippen molar-refractivity contribution in [1.82, 2.24) is 15.5 Å². The molecule has 21 heavy (non-hydrogen) atoms. The van der Waals surface area contributed by atoms with E-state index in [0.717, 1.165) is 29.6 Å². The van der Waals surface area contributed by atoms with Crippen molar-refractivity contribution in [3.8, 4) is 16.7 Å². The van der Waals surface area contributed by atoms with Crippen LogP contribution in [-0.4, -0.2) is 23.3 Å². The zero-order chi connectivity index (χ0) is 15.1. The minimum Gasteiger partial charge on any atom is -0.494 e. The molecular formula is C15H21N3O2S. The van der Waals surface area contributed by atoms with Crippen LogP contribution in [0.3, 0.4) is 0 Å². The zero-order valence-electron chi connectivity index (χ0n) is 12.6. The van der Waals surface area contributed by atoms with E-state index in [-0.39, 0.29) is 0 Å². The second-order valence-electron chi connectivity index (χ2n) is 4.99. The minimum absolute atomic E-state index is 0.556. The number of nitrogens with one attached hydrogen (secondary N) is 1. The number of ether oxygens (including phenoxy) is 2. The number of aromatic nitrogens is 2. The van der Waals surface area contributed by atoms with Gasteiger partial charge in [0.25, 0.3) is 5.19 Å². The first-order valence-electron chi connectivity index (χ1n) is 7.11. The molecule has 0 aliphatic heterocycles. The molecule has 1 heterocycles. The maximum atomic E-state index is 5.68. The van der Waals surface area contributed by atoms with Gasteiger partial charge in [0, 0.05) is 6.54 Å². The fourth-order valence-electron chi connectivity index (χ4n) is 1.69. The molecule has 1 N–H and O–H groups in total. The van der Waals surface area contributed by atoms with Gasteiger partial charge in [0.1, 0.15) is 16.5 Å². The summed E-state index contributed by atoms with van der Waals surface area (Å²) in [5.41, 5.74) is 0. The van der Waals surface area contributed by atoms with Crippen LogP contribution in [0.2, 0.25) is 0 Å². The van der Waals surface area contributed by atoms with E-state index in [1.165, 1.54) is 11.3 Å². The second kappa shape index (κ2) is 7.95. The van der Waals surface area contributed by atoms with Crippen LogP contribution in [0.4, 0.5) is 0 Å². The van der Waals surface area contributed by atoms with Crippen molar-refractivity contribution < 1.29 is 9.47 Å². The fourth-order valence-corrected chi connectivity index (χ4v) is 2.37. The second-order valence-corrected chi connectivity index (χ2v) is 6.02. The number of nitrogens with zero attached hydrogens (tertiary/aromatic N) is 2. The SMILES string of the molecule is CCOc1ccc(Oc2nnc(CNCC(C)C)s2)cc1. The number of rotatable bonds is 8. The fraction of sp³-hybridized carbons (Fsp3) is 0.467. The highest BCUT2D eigenvalue weighted by Crippen LogP contribution is 2.26. The summed E-state index contributed by atoms with van der Waals surface area (Å²) in [7, 11) is 0. The Bertz CT molecular complexity index is 540. The Balaban J connectivity index is 1.86. The Labute approximate surface area is 129 Å². The van der Waals surface area contributed by atoms with Crippen molar-refractivity contribution in [1.29, 1.82) is 0 Å². The molecule has 1 aromatic heterocycles. The molecule has 5 nitrogen and oxygen atoms in total. The van der Waals surface area contributed by atoms with Gasteiger partial charge in [-0.3, -0.25) is 0 Å². The monoisotopic (exact) mass is 307 g/mol. The molecule has 0 radical (unpaired) electrons. The van der Waals surface area contributed by atoms with E-state index in [4.69, 9.17) is 9.47 Å². The predicted octanol–water partition coefficient (Wildman–Crippen LogP) is 3.47. The van der Waals surface area contributed by atoms with Crippen molar-refractivity contribution in [2.75, 3.05) is 13.2 Å². The van der Waals surface area contributed by atoms with E-state index in [0.29, 0.717) is 17.7 Å². The van der Waals surface area contributed by atoms with Crippen LogP contribution in [-0.2, 0) is 6.54 Å². The summed E-state index contributed by atoms with van der Waals surface area (Å²) in [5.74, 6) is 2.19. The van der Waals surface area contributed by atoms with Gasteiger partial charge in [-0.05, 0) is 43.7 Å². The summed E-state index contributed by atoms with van der Waals surface area (Å²) in [6, 6.07) is 7.49. The quantitative estimate of drug-likeness (QED) is 0.809. The Morgan fingerprint density at radius 1 is 1.14 bits per heavy atom. The van der Waals surface area contributed by atoms with Gasteiger partial charge in [-0.15, -0.1) is 5.10 Å². The molecule has 0 aliphatic carbocycles. The molecule has 6 heteroatoms. The lowest BCUT2D eigenvalue weighted by atomic mass is 10.2. The van der Waals surface area contributed by atoms with Crippen molar-refractivity contribution >= 4 is 11.3 Å². The lowest BCUT2D eigenvalue weighted by molar-refractivity contribution is 0.339. The van der Waals surface area contributed by atoms with Crippen LogP contribution in [0, 0.1) is 5.92 Å². The van der Waals surface area contributed by atoms with E-state index in [1.807, 2.05) is 31.2 Å². The van der Waals surface area contributed by atoms with E-state index in [1.54, 1.807) is 0 Å². The molecule has 0 saturated heterocycles. The number of hydrogen-bond acceptors (Lipinski definition) is 6. The van der Waals surface area contributed by atoms with E-state index in [2.05, 4.69) is 29.4 Å². The smallest absolute Gasteiger partial charge is 0.299 e. The zero-order valence-corrected chi connectivity index (χ0v) is 13.4. The van der Waals surface area contributed by atoms with Gasteiger partial charge in [-0.2, -0.15) is 0 Å². The summed E-state index contributed by atoms with van der Waals surface area (Å²) in [6.07, 6.45) is 0. The Kier molecular flexibility index (Phi) is 5.95. The molecule has 1 aromatic carbocycles. The molecule has 0 aliphatic rings. The summed E-state index contributed by atoms with van der Waals surface area (Å²) >= 11 is 1.46. The van der Waals surface area contributed by atoms with Crippen LogP contribution < -0.4 is 14.8 Å². The highest BCUT2D eigenvalue weighted by Gasteiger charge is 2.06. The Hall–Kier alpha value is -1.66. The van der Waals surface area contributed by atoms with Gasteiger partial charge >= 0.3 is 0 Å². The van der Waals surface area contributed by atoms with Crippen molar-refractivity contribution in [2.45, 2.75) is 27.3 Å². The highest BCUT2D eigenvalue weighted by molar-refractivity contribution is 7.13. The van der Waals surface area contributed by atoms with Crippen molar-refractivity contribution in [2.24, 2.45) is 5.92 Å². The molecule has 0 bridgehead atoms. The van der Waals surface area contributed by atoms with Gasteiger partial charge in [0.05, 0.1) is 6.61 Å². The first-order chi connectivity index (χ1) is 10.2. The van der Waals surface area contributed by atoms with Crippen molar-refractivity contribution in [3.63, 3.8) is 0 Å². The summed E-state index contributed by atoms with van der Waals surface area (Å²) in [5, 5.41) is 13.0. The van der Waals surface area contributed by atoms with E-state index < -0.39 is 0 Å². The van der Waals surface area contributed by atoms with Gasteiger partial charge in [0.2, 0.25) is 0 Å². The standard InChI is InChI=1S/C15H21N3O2S/c1-4-19-12-5-7-13(8-6-12)20-15-18-17-14(21-15)10-16-9-11(2)3/h5-8,11,16H,4,9-10H2,1-3H3. The van der Waals surface area contributed by atoms with E-state index >= 15 is 0 Å². The third-order valence-electron chi connectivity index (χ3n) is 2.62. The number of benzene rings is 1. The lowest BCUT2D eigenvalue weighted by Crippen LogP contribution is -2.18. The first-order valence-corrected chi connectivity index (χ1v) is 7.93. The van der Waals surface area contributed by atoms with Gasteiger partial charge in [0.15, 0.2) is 0 Å². The first kappa shape index (κ1) is 15.7. The van der Waals surface area contributed by atoms with Gasteiger partial charge in [-0.1, -0.05) is 30.3 Å². The summed E-state index contributed by atoms with van der Waals surface area (Å²) in [6.45, 7) is 8.65. The molecule has 0 saturated carbocycles.